The van der Waals surface area contributed by atoms with Crippen molar-refractivity contribution >= 4 is 5.76 Å². The summed E-state index contributed by atoms with van der Waals surface area (Å²) in [4.78, 5) is 0. The summed E-state index contributed by atoms with van der Waals surface area (Å²) in [6.07, 6.45) is 7.54. The minimum absolute atomic E-state index is 0.714. The van der Waals surface area contributed by atoms with Gasteiger partial charge in [0.15, 0.2) is 0 Å². The van der Waals surface area contributed by atoms with Gasteiger partial charge in [0.05, 0.1) is 13.2 Å². The van der Waals surface area contributed by atoms with E-state index in [1.165, 1.54) is 12.8 Å². The van der Waals surface area contributed by atoms with Crippen LogP contribution >= 0.6 is 0 Å². The minimum Gasteiger partial charge on any atom is -0.494 e. The van der Waals surface area contributed by atoms with E-state index in [2.05, 4.69) is 6.92 Å². The SMILES string of the molecule is CC=C(OCCCCN)c1ccc(OCCCCC)cc1. The molecule has 0 saturated carbocycles. The number of allylic oxidation sites excluding steroid dienone is 1. The average molecular weight is 291 g/mol. The third-order valence-corrected chi connectivity index (χ3v) is 3.27. The fourth-order valence-corrected chi connectivity index (χ4v) is 2.02. The van der Waals surface area contributed by atoms with E-state index in [0.717, 1.165) is 49.5 Å². The zero-order chi connectivity index (χ0) is 15.3. The Labute approximate surface area is 129 Å². The van der Waals surface area contributed by atoms with Crippen LogP contribution in [0.4, 0.5) is 0 Å². The largest absolute Gasteiger partial charge is 0.494 e. The Hall–Kier alpha value is -1.48. The lowest BCUT2D eigenvalue weighted by Crippen LogP contribution is -2.02. The van der Waals surface area contributed by atoms with Crippen molar-refractivity contribution < 1.29 is 9.47 Å². The van der Waals surface area contributed by atoms with Gasteiger partial charge in [-0.1, -0.05) is 19.8 Å². The van der Waals surface area contributed by atoms with Crippen LogP contribution in [0.15, 0.2) is 30.3 Å². The first-order chi connectivity index (χ1) is 10.3. The van der Waals surface area contributed by atoms with Crippen LogP contribution in [0.5, 0.6) is 5.75 Å². The maximum Gasteiger partial charge on any atom is 0.122 e. The Kier molecular flexibility index (Phi) is 9.38. The lowest BCUT2D eigenvalue weighted by atomic mass is 10.1. The Bertz CT molecular complexity index is 398. The number of ether oxygens (including phenoxy) is 2. The van der Waals surface area contributed by atoms with E-state index in [-0.39, 0.29) is 0 Å². The molecule has 3 heteroatoms. The molecule has 2 N–H and O–H groups in total. The van der Waals surface area contributed by atoms with Crippen LogP contribution in [0.2, 0.25) is 0 Å². The quantitative estimate of drug-likeness (QED) is 0.486. The van der Waals surface area contributed by atoms with Crippen molar-refractivity contribution in [1.29, 1.82) is 0 Å². The van der Waals surface area contributed by atoms with E-state index in [1.54, 1.807) is 0 Å². The third kappa shape index (κ3) is 7.19. The third-order valence-electron chi connectivity index (χ3n) is 3.27. The van der Waals surface area contributed by atoms with Crippen molar-refractivity contribution in [3.05, 3.63) is 35.9 Å². The van der Waals surface area contributed by atoms with Gasteiger partial charge < -0.3 is 15.2 Å². The van der Waals surface area contributed by atoms with E-state index < -0.39 is 0 Å². The highest BCUT2D eigenvalue weighted by Crippen LogP contribution is 2.20. The second-order valence-electron chi connectivity index (χ2n) is 5.08. The van der Waals surface area contributed by atoms with Crippen molar-refractivity contribution in [2.45, 2.75) is 46.0 Å². The summed E-state index contributed by atoms with van der Waals surface area (Å²) < 4.78 is 11.5. The molecule has 0 fully saturated rings. The Morgan fingerprint density at radius 2 is 1.76 bits per heavy atom. The van der Waals surface area contributed by atoms with Crippen LogP contribution in [0, 0.1) is 0 Å². The summed E-state index contributed by atoms with van der Waals surface area (Å²) in [5.74, 6) is 1.85. The van der Waals surface area contributed by atoms with Crippen molar-refractivity contribution in [2.24, 2.45) is 5.73 Å². The van der Waals surface area contributed by atoms with Crippen molar-refractivity contribution in [1.82, 2.24) is 0 Å². The molecule has 21 heavy (non-hydrogen) atoms. The van der Waals surface area contributed by atoms with Gasteiger partial charge in [-0.05, 0) is 63.1 Å². The normalized spacial score (nSPS) is 11.5. The van der Waals surface area contributed by atoms with Crippen molar-refractivity contribution in [3.8, 4) is 5.75 Å². The van der Waals surface area contributed by atoms with Crippen LogP contribution in [0.25, 0.3) is 5.76 Å². The summed E-state index contributed by atoms with van der Waals surface area (Å²) in [7, 11) is 0. The van der Waals surface area contributed by atoms with Crippen LogP contribution in [-0.4, -0.2) is 19.8 Å². The molecule has 3 nitrogen and oxygen atoms in total. The number of hydrogen-bond acceptors (Lipinski definition) is 3. The van der Waals surface area contributed by atoms with Crippen molar-refractivity contribution in [2.75, 3.05) is 19.8 Å². The molecule has 0 spiro atoms. The zero-order valence-electron chi connectivity index (χ0n) is 13.4. The molecule has 0 radical (unpaired) electrons. The van der Waals surface area contributed by atoms with Gasteiger partial charge in [-0.25, -0.2) is 0 Å². The smallest absolute Gasteiger partial charge is 0.122 e. The van der Waals surface area contributed by atoms with E-state index in [1.807, 2.05) is 37.3 Å². The first-order valence-corrected chi connectivity index (χ1v) is 8.04. The number of nitrogens with two attached hydrogens (primary N) is 1. The molecule has 118 valence electrons. The molecule has 1 aromatic carbocycles. The molecule has 0 atom stereocenters. The fourth-order valence-electron chi connectivity index (χ4n) is 2.02. The van der Waals surface area contributed by atoms with Gasteiger partial charge in [-0.3, -0.25) is 0 Å². The highest BCUT2D eigenvalue weighted by molar-refractivity contribution is 5.60. The van der Waals surface area contributed by atoms with Crippen molar-refractivity contribution in [3.63, 3.8) is 0 Å². The molecule has 0 aromatic heterocycles. The molecule has 0 heterocycles. The maximum atomic E-state index is 5.80. The Morgan fingerprint density at radius 1 is 1.05 bits per heavy atom. The van der Waals surface area contributed by atoms with E-state index >= 15 is 0 Å². The lowest BCUT2D eigenvalue weighted by Gasteiger charge is -2.11. The average Bonchev–Trinajstić information content (AvgIpc) is 2.53. The molecular weight excluding hydrogens is 262 g/mol. The Morgan fingerprint density at radius 3 is 2.38 bits per heavy atom. The van der Waals surface area contributed by atoms with E-state index in [0.29, 0.717) is 6.61 Å². The minimum atomic E-state index is 0.714. The predicted molar refractivity (Wildman–Crippen MR) is 89.4 cm³/mol. The molecule has 0 aliphatic heterocycles. The van der Waals surface area contributed by atoms with Gasteiger partial charge in [-0.2, -0.15) is 0 Å². The fraction of sp³-hybridized carbons (Fsp3) is 0.556. The van der Waals surface area contributed by atoms with Gasteiger partial charge in [0.1, 0.15) is 11.5 Å². The van der Waals surface area contributed by atoms with E-state index in [9.17, 15) is 0 Å². The second-order valence-corrected chi connectivity index (χ2v) is 5.08. The maximum absolute atomic E-state index is 5.80. The second kappa shape index (κ2) is 11.2. The number of rotatable bonds is 11. The summed E-state index contributed by atoms with van der Waals surface area (Å²) in [5, 5.41) is 0. The first kappa shape index (κ1) is 17.6. The highest BCUT2D eigenvalue weighted by Gasteiger charge is 2.02. The molecule has 0 bridgehead atoms. The van der Waals surface area contributed by atoms with Crippen LogP contribution in [0.3, 0.4) is 0 Å². The van der Waals surface area contributed by atoms with Gasteiger partial charge in [0.25, 0.3) is 0 Å². The number of hydrogen-bond donors (Lipinski definition) is 1. The molecule has 0 unspecified atom stereocenters. The van der Waals surface area contributed by atoms with Gasteiger partial charge in [0, 0.05) is 5.56 Å². The van der Waals surface area contributed by atoms with Crippen LogP contribution in [0.1, 0.15) is 51.5 Å². The van der Waals surface area contributed by atoms with Gasteiger partial charge >= 0.3 is 0 Å². The summed E-state index contributed by atoms with van der Waals surface area (Å²) in [6.45, 7) is 6.42. The van der Waals surface area contributed by atoms with Gasteiger partial charge in [-0.15, -0.1) is 0 Å². The molecule has 0 aliphatic rings. The monoisotopic (exact) mass is 291 g/mol. The summed E-state index contributed by atoms with van der Waals surface area (Å²) >= 11 is 0. The molecule has 0 amide bonds. The zero-order valence-corrected chi connectivity index (χ0v) is 13.4. The molecule has 1 aromatic rings. The highest BCUT2D eigenvalue weighted by atomic mass is 16.5. The van der Waals surface area contributed by atoms with Gasteiger partial charge in [0.2, 0.25) is 0 Å². The molecular formula is C18H29NO2. The topological polar surface area (TPSA) is 44.5 Å². The molecule has 0 saturated heterocycles. The standard InChI is InChI=1S/C18H29NO2/c1-3-5-7-14-20-17-11-9-16(10-12-17)18(4-2)21-15-8-6-13-19/h4,9-12H,3,5-8,13-15,19H2,1-2H3. The molecule has 0 aliphatic carbocycles. The van der Waals surface area contributed by atoms with E-state index in [4.69, 9.17) is 15.2 Å². The lowest BCUT2D eigenvalue weighted by molar-refractivity contribution is 0.268. The number of benzene rings is 1. The summed E-state index contributed by atoms with van der Waals surface area (Å²) in [6, 6.07) is 8.11. The summed E-state index contributed by atoms with van der Waals surface area (Å²) in [5.41, 5.74) is 6.57. The molecule has 1 rings (SSSR count). The van der Waals surface area contributed by atoms with Crippen LogP contribution < -0.4 is 10.5 Å². The first-order valence-electron chi connectivity index (χ1n) is 8.04. The number of unbranched alkanes of at least 4 members (excludes halogenated alkanes) is 3. The predicted octanol–water partition coefficient (Wildman–Crippen LogP) is 4.37. The Balaban J connectivity index is 2.43. The van der Waals surface area contributed by atoms with Crippen LogP contribution in [-0.2, 0) is 4.74 Å².